The minimum absolute atomic E-state index is 0.0416. The average Bonchev–Trinajstić information content (AvgIpc) is 2.47. The molecule has 120 valence electrons. The first kappa shape index (κ1) is 16.0. The zero-order valence-electron chi connectivity index (χ0n) is 12.0. The van der Waals surface area contributed by atoms with Crippen molar-refractivity contribution in [2.45, 2.75) is 6.18 Å². The molecule has 0 bridgehead atoms. The van der Waals surface area contributed by atoms with E-state index in [4.69, 9.17) is 9.47 Å². The maximum atomic E-state index is 12.8. The van der Waals surface area contributed by atoms with Crippen LogP contribution in [-0.2, 0) is 20.4 Å². The molecule has 1 amide bonds. The number of hydrogen-bond acceptors (Lipinski definition) is 4. The van der Waals surface area contributed by atoms with Crippen LogP contribution in [0.2, 0.25) is 0 Å². The second kappa shape index (κ2) is 6.17. The van der Waals surface area contributed by atoms with Crippen LogP contribution in [0, 0.1) is 0 Å². The van der Waals surface area contributed by atoms with Gasteiger partial charge < -0.3 is 19.7 Å². The van der Waals surface area contributed by atoms with Crippen molar-refractivity contribution < 1.29 is 27.4 Å². The Balaban J connectivity index is 2.30. The molecule has 5 nitrogen and oxygen atoms in total. The van der Waals surface area contributed by atoms with Gasteiger partial charge in [0.25, 0.3) is 5.91 Å². The fourth-order valence-corrected chi connectivity index (χ4v) is 1.87. The summed E-state index contributed by atoms with van der Waals surface area (Å²) in [6.45, 7) is 0.533. The standard InChI is InChI=1S/C14H15F3N2O3/c1-19(2)11-4-3-9(14(15,16)17)7-10(11)18-13(20)12-8-21-5-6-22-12/h3-4,7-8H,5-6H2,1-2H3,(H,18,20). The van der Waals surface area contributed by atoms with Crippen molar-refractivity contribution in [2.24, 2.45) is 0 Å². The third-order valence-corrected chi connectivity index (χ3v) is 2.93. The number of alkyl halides is 3. The van der Waals surface area contributed by atoms with E-state index in [1.807, 2.05) is 0 Å². The van der Waals surface area contributed by atoms with Gasteiger partial charge in [0, 0.05) is 14.1 Å². The van der Waals surface area contributed by atoms with Gasteiger partial charge in [-0.25, -0.2) is 0 Å². The lowest BCUT2D eigenvalue weighted by atomic mass is 10.1. The van der Waals surface area contributed by atoms with Crippen molar-refractivity contribution >= 4 is 17.3 Å². The van der Waals surface area contributed by atoms with Gasteiger partial charge in [0.15, 0.2) is 0 Å². The van der Waals surface area contributed by atoms with Crippen LogP contribution in [0.25, 0.3) is 0 Å². The van der Waals surface area contributed by atoms with E-state index in [9.17, 15) is 18.0 Å². The number of ether oxygens (including phenoxy) is 2. The summed E-state index contributed by atoms with van der Waals surface area (Å²) in [5.41, 5.74) is -0.359. The molecule has 0 atom stereocenters. The molecule has 0 saturated carbocycles. The van der Waals surface area contributed by atoms with E-state index in [0.717, 1.165) is 18.4 Å². The maximum absolute atomic E-state index is 12.8. The van der Waals surface area contributed by atoms with E-state index in [0.29, 0.717) is 12.3 Å². The quantitative estimate of drug-likeness (QED) is 0.931. The number of anilines is 2. The van der Waals surface area contributed by atoms with Crippen molar-refractivity contribution in [3.63, 3.8) is 0 Å². The van der Waals surface area contributed by atoms with Gasteiger partial charge in [-0.2, -0.15) is 13.2 Å². The summed E-state index contributed by atoms with van der Waals surface area (Å²) in [5.74, 6) is -0.740. The predicted molar refractivity (Wildman–Crippen MR) is 74.4 cm³/mol. The number of carbonyl (C=O) groups is 1. The van der Waals surface area contributed by atoms with Crippen LogP contribution in [0.15, 0.2) is 30.2 Å². The fraction of sp³-hybridized carbons (Fsp3) is 0.357. The summed E-state index contributed by atoms with van der Waals surface area (Å²) < 4.78 is 48.5. The highest BCUT2D eigenvalue weighted by molar-refractivity contribution is 6.04. The van der Waals surface area contributed by atoms with Crippen LogP contribution in [-0.4, -0.2) is 33.2 Å². The van der Waals surface area contributed by atoms with Crippen molar-refractivity contribution in [3.05, 3.63) is 35.8 Å². The zero-order valence-corrected chi connectivity index (χ0v) is 12.0. The fourth-order valence-electron chi connectivity index (χ4n) is 1.87. The lowest BCUT2D eigenvalue weighted by Crippen LogP contribution is -2.23. The summed E-state index contributed by atoms with van der Waals surface area (Å²) in [4.78, 5) is 13.6. The lowest BCUT2D eigenvalue weighted by Gasteiger charge is -2.21. The van der Waals surface area contributed by atoms with Crippen molar-refractivity contribution in [2.75, 3.05) is 37.5 Å². The number of nitrogens with one attached hydrogen (secondary N) is 1. The molecule has 0 unspecified atom stereocenters. The molecule has 1 aromatic carbocycles. The first-order valence-corrected chi connectivity index (χ1v) is 6.43. The molecule has 1 heterocycles. The molecule has 1 aromatic rings. The monoisotopic (exact) mass is 316 g/mol. The molecule has 1 N–H and O–H groups in total. The molecule has 0 aliphatic carbocycles. The molecular weight excluding hydrogens is 301 g/mol. The van der Waals surface area contributed by atoms with Crippen LogP contribution < -0.4 is 10.2 Å². The third-order valence-electron chi connectivity index (χ3n) is 2.93. The number of carbonyl (C=O) groups excluding carboxylic acids is 1. The summed E-state index contributed by atoms with van der Waals surface area (Å²) in [6, 6.07) is 3.15. The number of rotatable bonds is 3. The molecule has 0 spiro atoms. The topological polar surface area (TPSA) is 50.8 Å². The number of hydrogen-bond donors (Lipinski definition) is 1. The van der Waals surface area contributed by atoms with Gasteiger partial charge in [0.1, 0.15) is 19.5 Å². The van der Waals surface area contributed by atoms with Crippen molar-refractivity contribution in [3.8, 4) is 0 Å². The highest BCUT2D eigenvalue weighted by Crippen LogP contribution is 2.35. The Morgan fingerprint density at radius 2 is 2.00 bits per heavy atom. The van der Waals surface area contributed by atoms with E-state index in [2.05, 4.69) is 5.32 Å². The van der Waals surface area contributed by atoms with Gasteiger partial charge >= 0.3 is 6.18 Å². The number of amides is 1. The summed E-state index contributed by atoms with van der Waals surface area (Å²) >= 11 is 0. The Kier molecular flexibility index (Phi) is 4.48. The first-order chi connectivity index (χ1) is 10.3. The molecule has 0 saturated heterocycles. The van der Waals surface area contributed by atoms with Crippen LogP contribution in [0.4, 0.5) is 24.5 Å². The normalized spacial score (nSPS) is 14.5. The Bertz CT molecular complexity index is 597. The largest absolute Gasteiger partial charge is 0.494 e. The second-order valence-electron chi connectivity index (χ2n) is 4.78. The summed E-state index contributed by atoms with van der Waals surface area (Å²) in [5, 5.41) is 2.42. The van der Waals surface area contributed by atoms with Gasteiger partial charge in [-0.3, -0.25) is 4.79 Å². The smallest absolute Gasteiger partial charge is 0.416 e. The highest BCUT2D eigenvalue weighted by Gasteiger charge is 2.31. The third kappa shape index (κ3) is 3.63. The Labute approximate surface area is 125 Å². The van der Waals surface area contributed by atoms with Gasteiger partial charge in [0.2, 0.25) is 5.76 Å². The first-order valence-electron chi connectivity index (χ1n) is 6.43. The number of halogens is 3. The molecule has 0 aromatic heterocycles. The van der Waals surface area contributed by atoms with E-state index in [1.165, 1.54) is 6.07 Å². The SMILES string of the molecule is CN(C)c1ccc(C(F)(F)F)cc1NC(=O)C1=COCCO1. The second-order valence-corrected chi connectivity index (χ2v) is 4.78. The lowest BCUT2D eigenvalue weighted by molar-refractivity contribution is -0.137. The maximum Gasteiger partial charge on any atom is 0.416 e. The van der Waals surface area contributed by atoms with Crippen LogP contribution in [0.3, 0.4) is 0 Å². The van der Waals surface area contributed by atoms with Crippen LogP contribution in [0.1, 0.15) is 5.56 Å². The molecule has 1 aliphatic rings. The van der Waals surface area contributed by atoms with Crippen molar-refractivity contribution in [1.82, 2.24) is 0 Å². The number of nitrogens with zero attached hydrogens (tertiary/aromatic N) is 1. The summed E-state index contributed by atoms with van der Waals surface area (Å²) in [6.07, 6.45) is -3.35. The Morgan fingerprint density at radius 1 is 1.27 bits per heavy atom. The molecule has 2 rings (SSSR count). The predicted octanol–water partition coefficient (Wildman–Crippen LogP) is 2.60. The van der Waals surface area contributed by atoms with Crippen molar-refractivity contribution in [1.29, 1.82) is 0 Å². The molecular formula is C14H15F3N2O3. The molecule has 8 heteroatoms. The van der Waals surface area contributed by atoms with E-state index in [-0.39, 0.29) is 18.1 Å². The molecule has 0 radical (unpaired) electrons. The average molecular weight is 316 g/mol. The van der Waals surface area contributed by atoms with Gasteiger partial charge in [-0.15, -0.1) is 0 Å². The van der Waals surface area contributed by atoms with Gasteiger partial charge in [0.05, 0.1) is 16.9 Å². The molecule has 0 fully saturated rings. The minimum Gasteiger partial charge on any atom is -0.494 e. The minimum atomic E-state index is -4.49. The summed E-state index contributed by atoms with van der Waals surface area (Å²) in [7, 11) is 3.33. The van der Waals surface area contributed by atoms with E-state index in [1.54, 1.807) is 19.0 Å². The van der Waals surface area contributed by atoms with E-state index < -0.39 is 17.6 Å². The van der Waals surface area contributed by atoms with Crippen LogP contribution in [0.5, 0.6) is 0 Å². The Hall–Kier alpha value is -2.38. The van der Waals surface area contributed by atoms with Crippen LogP contribution >= 0.6 is 0 Å². The Morgan fingerprint density at radius 3 is 2.55 bits per heavy atom. The van der Waals surface area contributed by atoms with Gasteiger partial charge in [-0.1, -0.05) is 0 Å². The zero-order chi connectivity index (χ0) is 16.3. The highest BCUT2D eigenvalue weighted by atomic mass is 19.4. The number of benzene rings is 1. The molecule has 22 heavy (non-hydrogen) atoms. The molecule has 1 aliphatic heterocycles. The van der Waals surface area contributed by atoms with Gasteiger partial charge in [-0.05, 0) is 18.2 Å². The van der Waals surface area contributed by atoms with E-state index >= 15 is 0 Å².